The monoisotopic (exact) mass is 238 g/mol. The minimum atomic E-state index is 0.0419. The van der Waals surface area contributed by atoms with Gasteiger partial charge < -0.3 is 10.6 Å². The normalized spacial score (nSPS) is 17.2. The van der Waals surface area contributed by atoms with Crippen LogP contribution in [0.25, 0.3) is 0 Å². The quantitative estimate of drug-likeness (QED) is 0.873. The molecule has 1 aromatic rings. The fourth-order valence-corrected chi connectivity index (χ4v) is 2.24. The zero-order valence-corrected chi connectivity index (χ0v) is 10.7. The fourth-order valence-electron chi connectivity index (χ4n) is 1.90. The van der Waals surface area contributed by atoms with Gasteiger partial charge in [-0.15, -0.1) is 0 Å². The highest BCUT2D eigenvalue weighted by Gasteiger charge is 2.23. The van der Waals surface area contributed by atoms with Crippen molar-refractivity contribution in [3.8, 4) is 0 Å². The van der Waals surface area contributed by atoms with E-state index in [0.717, 1.165) is 28.7 Å². The Balaban J connectivity index is 2.14. The second kappa shape index (κ2) is 4.64. The molecule has 2 N–H and O–H groups in total. The summed E-state index contributed by atoms with van der Waals surface area (Å²) in [6.45, 7) is 3.08. The number of halogens is 1. The van der Waals surface area contributed by atoms with Crippen molar-refractivity contribution in [2.24, 2.45) is 11.7 Å². The van der Waals surface area contributed by atoms with Crippen LogP contribution in [-0.2, 0) is 0 Å². The maximum Gasteiger partial charge on any atom is 0.0642 e. The van der Waals surface area contributed by atoms with E-state index in [4.69, 9.17) is 17.3 Å². The van der Waals surface area contributed by atoms with Crippen molar-refractivity contribution < 1.29 is 0 Å². The highest BCUT2D eigenvalue weighted by atomic mass is 35.5. The lowest BCUT2D eigenvalue weighted by molar-refractivity contribution is 0.784. The molecular weight excluding hydrogens is 220 g/mol. The van der Waals surface area contributed by atoms with Crippen LogP contribution in [-0.4, -0.2) is 13.6 Å². The number of nitrogens with two attached hydrogens (primary N) is 1. The van der Waals surface area contributed by atoms with Gasteiger partial charge in [0.05, 0.1) is 10.7 Å². The number of benzene rings is 1. The van der Waals surface area contributed by atoms with E-state index in [2.05, 4.69) is 24.1 Å². The van der Waals surface area contributed by atoms with Gasteiger partial charge in [-0.05, 0) is 43.4 Å². The van der Waals surface area contributed by atoms with Gasteiger partial charge in [0.15, 0.2) is 0 Å². The summed E-state index contributed by atoms with van der Waals surface area (Å²) < 4.78 is 0. The Bertz CT molecular complexity index is 372. The van der Waals surface area contributed by atoms with Crippen molar-refractivity contribution in [2.45, 2.75) is 25.8 Å². The van der Waals surface area contributed by atoms with E-state index in [0.29, 0.717) is 0 Å². The third kappa shape index (κ3) is 2.69. The van der Waals surface area contributed by atoms with Crippen molar-refractivity contribution in [1.29, 1.82) is 0 Å². The SMILES string of the molecule is C[C@@H](N)c1ccc(N(C)CC2CC2)c(Cl)c1. The number of hydrogen-bond donors (Lipinski definition) is 1. The zero-order valence-electron chi connectivity index (χ0n) is 9.91. The Hall–Kier alpha value is -0.730. The smallest absolute Gasteiger partial charge is 0.0642 e. The van der Waals surface area contributed by atoms with E-state index in [1.807, 2.05) is 13.0 Å². The van der Waals surface area contributed by atoms with Crippen molar-refractivity contribution in [1.82, 2.24) is 0 Å². The third-order valence-corrected chi connectivity index (χ3v) is 3.44. The van der Waals surface area contributed by atoms with Crippen molar-refractivity contribution in [3.63, 3.8) is 0 Å². The first-order chi connectivity index (χ1) is 7.58. The van der Waals surface area contributed by atoms with Crippen LogP contribution < -0.4 is 10.6 Å². The molecule has 1 fully saturated rings. The minimum absolute atomic E-state index is 0.0419. The molecule has 0 amide bonds. The fraction of sp³-hybridized carbons (Fsp3) is 0.538. The average Bonchev–Trinajstić information content (AvgIpc) is 3.01. The molecule has 0 saturated heterocycles. The van der Waals surface area contributed by atoms with E-state index in [1.165, 1.54) is 12.8 Å². The molecule has 16 heavy (non-hydrogen) atoms. The van der Waals surface area contributed by atoms with E-state index in [1.54, 1.807) is 0 Å². The van der Waals surface area contributed by atoms with Crippen molar-refractivity contribution >= 4 is 17.3 Å². The third-order valence-electron chi connectivity index (χ3n) is 3.14. The molecule has 0 spiro atoms. The van der Waals surface area contributed by atoms with Crippen LogP contribution in [0.4, 0.5) is 5.69 Å². The number of nitrogens with zero attached hydrogens (tertiary/aromatic N) is 1. The Kier molecular flexibility index (Phi) is 3.41. The molecule has 1 aliphatic carbocycles. The molecule has 0 aromatic heterocycles. The highest BCUT2D eigenvalue weighted by molar-refractivity contribution is 6.33. The predicted molar refractivity (Wildman–Crippen MR) is 70.0 cm³/mol. The van der Waals surface area contributed by atoms with Crippen LogP contribution in [0.3, 0.4) is 0 Å². The van der Waals surface area contributed by atoms with E-state index in [-0.39, 0.29) is 6.04 Å². The van der Waals surface area contributed by atoms with Crippen LogP contribution in [0.5, 0.6) is 0 Å². The van der Waals surface area contributed by atoms with Gasteiger partial charge in [-0.25, -0.2) is 0 Å². The molecule has 88 valence electrons. The van der Waals surface area contributed by atoms with Gasteiger partial charge in [-0.2, -0.15) is 0 Å². The average molecular weight is 239 g/mol. The van der Waals surface area contributed by atoms with Gasteiger partial charge >= 0.3 is 0 Å². The molecule has 3 heteroatoms. The van der Waals surface area contributed by atoms with Crippen LogP contribution in [0.2, 0.25) is 5.02 Å². The number of anilines is 1. The summed E-state index contributed by atoms with van der Waals surface area (Å²) in [7, 11) is 2.10. The summed E-state index contributed by atoms with van der Waals surface area (Å²) in [6, 6.07) is 6.16. The second-order valence-electron chi connectivity index (χ2n) is 4.82. The molecule has 0 aliphatic heterocycles. The molecule has 0 heterocycles. The Morgan fingerprint density at radius 3 is 2.69 bits per heavy atom. The second-order valence-corrected chi connectivity index (χ2v) is 5.23. The molecular formula is C13H19ClN2. The van der Waals surface area contributed by atoms with Crippen molar-refractivity contribution in [2.75, 3.05) is 18.5 Å². The van der Waals surface area contributed by atoms with Gasteiger partial charge in [0.2, 0.25) is 0 Å². The van der Waals surface area contributed by atoms with Crippen LogP contribution in [0, 0.1) is 5.92 Å². The Morgan fingerprint density at radius 2 is 2.19 bits per heavy atom. The molecule has 1 aromatic carbocycles. The predicted octanol–water partition coefficient (Wildman–Crippen LogP) is 3.21. The van der Waals surface area contributed by atoms with Crippen LogP contribution >= 0.6 is 11.6 Å². The van der Waals surface area contributed by atoms with Crippen molar-refractivity contribution in [3.05, 3.63) is 28.8 Å². The van der Waals surface area contributed by atoms with Gasteiger partial charge in [-0.1, -0.05) is 17.7 Å². The topological polar surface area (TPSA) is 29.3 Å². The first-order valence-electron chi connectivity index (χ1n) is 5.84. The summed E-state index contributed by atoms with van der Waals surface area (Å²) >= 11 is 6.27. The van der Waals surface area contributed by atoms with Gasteiger partial charge in [0.25, 0.3) is 0 Å². The summed E-state index contributed by atoms with van der Waals surface area (Å²) in [4.78, 5) is 2.24. The van der Waals surface area contributed by atoms with Crippen LogP contribution in [0.15, 0.2) is 18.2 Å². The number of hydrogen-bond acceptors (Lipinski definition) is 2. The molecule has 2 nitrogen and oxygen atoms in total. The van der Waals surface area contributed by atoms with Gasteiger partial charge in [-0.3, -0.25) is 0 Å². The molecule has 2 rings (SSSR count). The number of rotatable bonds is 4. The maximum absolute atomic E-state index is 6.27. The molecule has 1 aliphatic rings. The standard InChI is InChI=1S/C13H19ClN2/c1-9(15)11-5-6-13(12(14)7-11)16(2)8-10-3-4-10/h5-7,9-10H,3-4,8,15H2,1-2H3/t9-/m1/s1. The highest BCUT2D eigenvalue weighted by Crippen LogP contribution is 2.33. The van der Waals surface area contributed by atoms with Gasteiger partial charge in [0.1, 0.15) is 0 Å². The lowest BCUT2D eigenvalue weighted by Crippen LogP contribution is -2.20. The summed E-state index contributed by atoms with van der Waals surface area (Å²) in [5.74, 6) is 0.870. The summed E-state index contributed by atoms with van der Waals surface area (Å²) in [5.41, 5.74) is 8.03. The van der Waals surface area contributed by atoms with E-state index < -0.39 is 0 Å². The summed E-state index contributed by atoms with van der Waals surface area (Å²) in [6.07, 6.45) is 2.72. The lowest BCUT2D eigenvalue weighted by atomic mass is 10.1. The maximum atomic E-state index is 6.27. The van der Waals surface area contributed by atoms with Crippen LogP contribution in [0.1, 0.15) is 31.4 Å². The Labute approximate surface area is 102 Å². The first-order valence-corrected chi connectivity index (χ1v) is 6.22. The van der Waals surface area contributed by atoms with E-state index >= 15 is 0 Å². The van der Waals surface area contributed by atoms with E-state index in [9.17, 15) is 0 Å². The summed E-state index contributed by atoms with van der Waals surface area (Å²) in [5, 5.41) is 0.804. The lowest BCUT2D eigenvalue weighted by Gasteiger charge is -2.21. The molecule has 0 bridgehead atoms. The minimum Gasteiger partial charge on any atom is -0.373 e. The largest absolute Gasteiger partial charge is 0.373 e. The first kappa shape index (κ1) is 11.7. The zero-order chi connectivity index (χ0) is 11.7. The molecule has 0 unspecified atom stereocenters. The van der Waals surface area contributed by atoms with Gasteiger partial charge in [0, 0.05) is 19.6 Å². The molecule has 0 radical (unpaired) electrons. The molecule has 1 saturated carbocycles. The Morgan fingerprint density at radius 1 is 1.50 bits per heavy atom. The molecule has 1 atom stereocenters.